The maximum absolute atomic E-state index is 11.7. The van der Waals surface area contributed by atoms with Crippen LogP contribution in [-0.4, -0.2) is 41.9 Å². The molecule has 2 rings (SSSR count). The molecular weight excluding hydrogens is 232 g/mol. The Morgan fingerprint density at radius 3 is 3.00 bits per heavy atom. The van der Waals surface area contributed by atoms with Crippen LogP contribution >= 0.6 is 0 Å². The van der Waals surface area contributed by atoms with E-state index in [1.165, 1.54) is 0 Å². The van der Waals surface area contributed by atoms with Gasteiger partial charge in [-0.2, -0.15) is 5.10 Å². The SMILES string of the molecule is Cc1cn[nH]c1NC(=O)CCOC1CCNCC1. The molecule has 0 radical (unpaired) electrons. The number of aryl methyl sites for hydroxylation is 1. The number of aromatic nitrogens is 2. The van der Waals surface area contributed by atoms with Gasteiger partial charge >= 0.3 is 0 Å². The highest BCUT2D eigenvalue weighted by atomic mass is 16.5. The predicted octanol–water partition coefficient (Wildman–Crippen LogP) is 0.815. The van der Waals surface area contributed by atoms with Gasteiger partial charge in [-0.25, -0.2) is 0 Å². The Bertz CT molecular complexity index is 385. The summed E-state index contributed by atoms with van der Waals surface area (Å²) in [4.78, 5) is 11.7. The molecule has 100 valence electrons. The van der Waals surface area contributed by atoms with Crippen molar-refractivity contribution in [2.45, 2.75) is 32.3 Å². The monoisotopic (exact) mass is 252 g/mol. The number of anilines is 1. The normalized spacial score (nSPS) is 16.7. The van der Waals surface area contributed by atoms with Crippen LogP contribution in [0.1, 0.15) is 24.8 Å². The van der Waals surface area contributed by atoms with Crippen molar-refractivity contribution in [2.75, 3.05) is 25.0 Å². The molecule has 1 aliphatic heterocycles. The first-order valence-electron chi connectivity index (χ1n) is 6.38. The molecule has 2 heterocycles. The lowest BCUT2D eigenvalue weighted by Gasteiger charge is -2.22. The van der Waals surface area contributed by atoms with Crippen LogP contribution in [0.4, 0.5) is 5.82 Å². The third kappa shape index (κ3) is 3.82. The molecule has 1 amide bonds. The first-order chi connectivity index (χ1) is 8.75. The van der Waals surface area contributed by atoms with Crippen molar-refractivity contribution in [3.8, 4) is 0 Å². The summed E-state index contributed by atoms with van der Waals surface area (Å²) >= 11 is 0. The molecule has 0 spiro atoms. The van der Waals surface area contributed by atoms with E-state index in [-0.39, 0.29) is 5.91 Å². The summed E-state index contributed by atoms with van der Waals surface area (Å²) in [6.07, 6.45) is 4.42. The van der Waals surface area contributed by atoms with Gasteiger partial charge in [0, 0.05) is 5.56 Å². The van der Waals surface area contributed by atoms with Gasteiger partial charge in [0.05, 0.1) is 25.3 Å². The first kappa shape index (κ1) is 13.0. The molecule has 0 unspecified atom stereocenters. The lowest BCUT2D eigenvalue weighted by Crippen LogP contribution is -2.33. The Morgan fingerprint density at radius 1 is 1.56 bits per heavy atom. The number of nitrogens with zero attached hydrogens (tertiary/aromatic N) is 1. The zero-order chi connectivity index (χ0) is 12.8. The molecule has 0 saturated carbocycles. The highest BCUT2D eigenvalue weighted by Crippen LogP contribution is 2.10. The van der Waals surface area contributed by atoms with Gasteiger partial charge in [-0.1, -0.05) is 0 Å². The third-order valence-corrected chi connectivity index (χ3v) is 3.06. The van der Waals surface area contributed by atoms with Crippen molar-refractivity contribution >= 4 is 11.7 Å². The maximum Gasteiger partial charge on any atom is 0.227 e. The number of nitrogens with one attached hydrogen (secondary N) is 3. The molecular formula is C12H20N4O2. The van der Waals surface area contributed by atoms with Crippen LogP contribution < -0.4 is 10.6 Å². The van der Waals surface area contributed by atoms with E-state index in [1.54, 1.807) is 6.20 Å². The molecule has 0 atom stereocenters. The molecule has 1 aromatic heterocycles. The topological polar surface area (TPSA) is 79.0 Å². The number of amides is 1. The quantitative estimate of drug-likeness (QED) is 0.724. The second-order valence-electron chi connectivity index (χ2n) is 4.55. The van der Waals surface area contributed by atoms with Gasteiger partial charge in [0.2, 0.25) is 5.91 Å². The molecule has 1 aliphatic rings. The standard InChI is InChI=1S/C12H20N4O2/c1-9-8-14-16-12(9)15-11(17)4-7-18-10-2-5-13-6-3-10/h8,10,13H,2-7H2,1H3,(H2,14,15,16,17). The lowest BCUT2D eigenvalue weighted by molar-refractivity contribution is -0.117. The Hall–Kier alpha value is -1.40. The zero-order valence-electron chi connectivity index (χ0n) is 10.7. The number of carbonyl (C=O) groups is 1. The van der Waals surface area contributed by atoms with Gasteiger partial charge in [0.15, 0.2) is 0 Å². The van der Waals surface area contributed by atoms with Crippen LogP contribution in [0, 0.1) is 6.92 Å². The molecule has 0 aliphatic carbocycles. The van der Waals surface area contributed by atoms with Gasteiger partial charge < -0.3 is 15.4 Å². The number of hydrogen-bond acceptors (Lipinski definition) is 4. The van der Waals surface area contributed by atoms with E-state index >= 15 is 0 Å². The van der Waals surface area contributed by atoms with Crippen molar-refractivity contribution in [1.82, 2.24) is 15.5 Å². The first-order valence-corrected chi connectivity index (χ1v) is 6.38. The largest absolute Gasteiger partial charge is 0.378 e. The summed E-state index contributed by atoms with van der Waals surface area (Å²) in [7, 11) is 0. The summed E-state index contributed by atoms with van der Waals surface area (Å²) < 4.78 is 5.68. The van der Waals surface area contributed by atoms with Crippen LogP contribution in [0.3, 0.4) is 0 Å². The fraction of sp³-hybridized carbons (Fsp3) is 0.667. The average molecular weight is 252 g/mol. The maximum atomic E-state index is 11.7. The molecule has 6 nitrogen and oxygen atoms in total. The Balaban J connectivity index is 1.64. The van der Waals surface area contributed by atoms with Gasteiger partial charge in [-0.05, 0) is 32.9 Å². The van der Waals surface area contributed by atoms with Crippen molar-refractivity contribution in [3.05, 3.63) is 11.8 Å². The Kier molecular flexibility index (Phi) is 4.72. The van der Waals surface area contributed by atoms with E-state index in [9.17, 15) is 4.79 Å². The summed E-state index contributed by atoms with van der Waals surface area (Å²) in [5, 5.41) is 12.7. The average Bonchev–Trinajstić information content (AvgIpc) is 2.76. The second kappa shape index (κ2) is 6.51. The van der Waals surface area contributed by atoms with Gasteiger partial charge in [0.25, 0.3) is 0 Å². The fourth-order valence-corrected chi connectivity index (χ4v) is 1.96. The number of carbonyl (C=O) groups excluding carboxylic acids is 1. The van der Waals surface area contributed by atoms with Crippen molar-refractivity contribution in [2.24, 2.45) is 0 Å². The number of H-pyrrole nitrogens is 1. The zero-order valence-corrected chi connectivity index (χ0v) is 10.7. The van der Waals surface area contributed by atoms with Crippen LogP contribution in [0.2, 0.25) is 0 Å². The van der Waals surface area contributed by atoms with Crippen LogP contribution in [0.25, 0.3) is 0 Å². The molecule has 0 bridgehead atoms. The van der Waals surface area contributed by atoms with Crippen LogP contribution in [0.5, 0.6) is 0 Å². The Labute approximate surface area is 106 Å². The smallest absolute Gasteiger partial charge is 0.227 e. The van der Waals surface area contributed by atoms with E-state index in [0.717, 1.165) is 31.5 Å². The number of hydrogen-bond donors (Lipinski definition) is 3. The van der Waals surface area contributed by atoms with E-state index in [2.05, 4.69) is 20.8 Å². The predicted molar refractivity (Wildman–Crippen MR) is 68.4 cm³/mol. The number of rotatable bonds is 5. The van der Waals surface area contributed by atoms with E-state index < -0.39 is 0 Å². The molecule has 1 saturated heterocycles. The minimum absolute atomic E-state index is 0.0451. The van der Waals surface area contributed by atoms with E-state index in [1.807, 2.05) is 6.92 Å². The fourth-order valence-electron chi connectivity index (χ4n) is 1.96. The van der Waals surface area contributed by atoms with Crippen molar-refractivity contribution in [3.63, 3.8) is 0 Å². The molecule has 18 heavy (non-hydrogen) atoms. The van der Waals surface area contributed by atoms with Crippen LogP contribution in [-0.2, 0) is 9.53 Å². The van der Waals surface area contributed by atoms with Gasteiger partial charge in [0.1, 0.15) is 5.82 Å². The highest BCUT2D eigenvalue weighted by molar-refractivity contribution is 5.90. The summed E-state index contributed by atoms with van der Waals surface area (Å²) in [6, 6.07) is 0. The highest BCUT2D eigenvalue weighted by Gasteiger charge is 2.14. The van der Waals surface area contributed by atoms with Gasteiger partial charge in [-0.15, -0.1) is 0 Å². The number of piperidine rings is 1. The summed E-state index contributed by atoms with van der Waals surface area (Å²) in [5.41, 5.74) is 0.933. The minimum atomic E-state index is -0.0451. The van der Waals surface area contributed by atoms with Crippen molar-refractivity contribution < 1.29 is 9.53 Å². The number of ether oxygens (including phenoxy) is 1. The lowest BCUT2D eigenvalue weighted by atomic mass is 10.1. The third-order valence-electron chi connectivity index (χ3n) is 3.06. The number of aromatic amines is 1. The molecule has 3 N–H and O–H groups in total. The molecule has 0 aromatic carbocycles. The molecule has 1 fully saturated rings. The van der Waals surface area contributed by atoms with E-state index in [0.29, 0.717) is 24.9 Å². The molecule has 1 aromatic rings. The van der Waals surface area contributed by atoms with Crippen LogP contribution in [0.15, 0.2) is 6.20 Å². The van der Waals surface area contributed by atoms with Gasteiger partial charge in [-0.3, -0.25) is 9.89 Å². The molecule has 6 heteroatoms. The van der Waals surface area contributed by atoms with E-state index in [4.69, 9.17) is 4.74 Å². The second-order valence-corrected chi connectivity index (χ2v) is 4.55. The van der Waals surface area contributed by atoms with Crippen molar-refractivity contribution in [1.29, 1.82) is 0 Å². The minimum Gasteiger partial charge on any atom is -0.378 e. The Morgan fingerprint density at radius 2 is 2.33 bits per heavy atom. The summed E-state index contributed by atoms with van der Waals surface area (Å²) in [5.74, 6) is 0.623. The summed E-state index contributed by atoms with van der Waals surface area (Å²) in [6.45, 7) is 4.38.